The number of benzene rings is 1. The number of halogens is 2. The third-order valence-electron chi connectivity index (χ3n) is 3.13. The Morgan fingerprint density at radius 3 is 2.79 bits per heavy atom. The summed E-state index contributed by atoms with van der Waals surface area (Å²) in [5.41, 5.74) is 0.905. The fraction of sp³-hybridized carbons (Fsp3) is 0.500. The van der Waals surface area contributed by atoms with Crippen LogP contribution >= 0.6 is 11.6 Å². The molecule has 0 aliphatic rings. The molecule has 1 N–H and O–H groups in total. The molecule has 0 aliphatic carbocycles. The third-order valence-corrected chi connectivity index (χ3v) is 3.42. The minimum atomic E-state index is -0.419. The lowest BCUT2D eigenvalue weighted by atomic mass is 10.1. The number of nitrogens with one attached hydrogen (secondary N) is 1. The van der Waals surface area contributed by atoms with Crippen molar-refractivity contribution in [3.05, 3.63) is 34.6 Å². The molecule has 0 aliphatic heterocycles. The molecule has 5 heteroatoms. The van der Waals surface area contributed by atoms with E-state index in [4.69, 9.17) is 11.6 Å². The van der Waals surface area contributed by atoms with E-state index in [0.717, 1.165) is 5.56 Å². The predicted molar refractivity (Wildman–Crippen MR) is 75.8 cm³/mol. The van der Waals surface area contributed by atoms with Crippen LogP contribution in [0.15, 0.2) is 18.2 Å². The number of nitrogens with zero attached hydrogens (tertiary/aromatic N) is 1. The van der Waals surface area contributed by atoms with Gasteiger partial charge in [-0.2, -0.15) is 0 Å². The highest BCUT2D eigenvalue weighted by molar-refractivity contribution is 6.30. The summed E-state index contributed by atoms with van der Waals surface area (Å²) in [6.07, 6.45) is 0.448. The van der Waals surface area contributed by atoms with Crippen LogP contribution < -0.4 is 5.32 Å². The van der Waals surface area contributed by atoms with Gasteiger partial charge in [-0.25, -0.2) is 4.39 Å². The second-order valence-corrected chi connectivity index (χ2v) is 4.91. The summed E-state index contributed by atoms with van der Waals surface area (Å²) in [5, 5.41) is 3.35. The molecule has 106 valence electrons. The molecule has 0 fully saturated rings. The smallest absolute Gasteiger partial charge is 0.223 e. The van der Waals surface area contributed by atoms with Gasteiger partial charge in [-0.3, -0.25) is 4.79 Å². The zero-order chi connectivity index (χ0) is 14.4. The van der Waals surface area contributed by atoms with Crippen molar-refractivity contribution in [2.75, 3.05) is 20.1 Å². The van der Waals surface area contributed by atoms with Crippen molar-refractivity contribution in [1.82, 2.24) is 10.2 Å². The van der Waals surface area contributed by atoms with Gasteiger partial charge in [0.2, 0.25) is 5.91 Å². The predicted octanol–water partition coefficient (Wildman–Crippen LogP) is 3.00. The van der Waals surface area contributed by atoms with Crippen LogP contribution in [0.1, 0.15) is 31.9 Å². The van der Waals surface area contributed by atoms with Crippen LogP contribution in [-0.4, -0.2) is 30.9 Å². The van der Waals surface area contributed by atoms with Crippen molar-refractivity contribution in [3.63, 3.8) is 0 Å². The number of hydrogen-bond donors (Lipinski definition) is 1. The fourth-order valence-electron chi connectivity index (χ4n) is 1.66. The first-order valence-corrected chi connectivity index (χ1v) is 6.75. The standard InChI is InChI=1S/C14H20ClFN2O/c1-4-18(3)14(19)7-8-17-10(2)11-5-6-13(16)12(15)9-11/h5-6,9-10,17H,4,7-8H2,1-3H3/t10-/m0/s1. The summed E-state index contributed by atoms with van der Waals surface area (Å²) in [7, 11) is 1.78. The molecule has 1 aromatic rings. The molecule has 1 rings (SSSR count). The molecule has 19 heavy (non-hydrogen) atoms. The molecule has 0 unspecified atom stereocenters. The third kappa shape index (κ3) is 4.80. The van der Waals surface area contributed by atoms with E-state index in [2.05, 4.69) is 5.32 Å². The van der Waals surface area contributed by atoms with Gasteiger partial charge < -0.3 is 10.2 Å². The summed E-state index contributed by atoms with van der Waals surface area (Å²) in [5.74, 6) is -0.309. The molecule has 0 aromatic heterocycles. The Hall–Kier alpha value is -1.13. The van der Waals surface area contributed by atoms with E-state index in [1.165, 1.54) is 6.07 Å². The van der Waals surface area contributed by atoms with Crippen LogP contribution in [0.25, 0.3) is 0 Å². The highest BCUT2D eigenvalue weighted by Crippen LogP contribution is 2.20. The zero-order valence-electron chi connectivity index (χ0n) is 11.5. The van der Waals surface area contributed by atoms with Gasteiger partial charge in [-0.15, -0.1) is 0 Å². The van der Waals surface area contributed by atoms with Crippen LogP contribution in [0.3, 0.4) is 0 Å². The first-order valence-electron chi connectivity index (χ1n) is 6.38. The molecule has 0 saturated carbocycles. The maximum Gasteiger partial charge on any atom is 0.223 e. The second kappa shape index (κ2) is 7.46. The topological polar surface area (TPSA) is 32.3 Å². The molecule has 0 heterocycles. The van der Waals surface area contributed by atoms with Crippen molar-refractivity contribution in [1.29, 1.82) is 0 Å². The Morgan fingerprint density at radius 2 is 2.21 bits per heavy atom. The lowest BCUT2D eigenvalue weighted by molar-refractivity contribution is -0.129. The number of rotatable bonds is 6. The van der Waals surface area contributed by atoms with Crippen molar-refractivity contribution < 1.29 is 9.18 Å². The lowest BCUT2D eigenvalue weighted by Crippen LogP contribution is -2.30. The highest BCUT2D eigenvalue weighted by Gasteiger charge is 2.10. The first-order chi connectivity index (χ1) is 8.95. The van der Waals surface area contributed by atoms with Gasteiger partial charge in [-0.05, 0) is 31.5 Å². The van der Waals surface area contributed by atoms with Crippen molar-refractivity contribution in [2.24, 2.45) is 0 Å². The van der Waals surface area contributed by atoms with Gasteiger partial charge in [0.1, 0.15) is 5.82 Å². The van der Waals surface area contributed by atoms with Gasteiger partial charge in [0.05, 0.1) is 5.02 Å². The first kappa shape index (κ1) is 15.9. The summed E-state index contributed by atoms with van der Waals surface area (Å²) < 4.78 is 13.0. The highest BCUT2D eigenvalue weighted by atomic mass is 35.5. The fourth-order valence-corrected chi connectivity index (χ4v) is 1.85. The minimum absolute atomic E-state index is 0.0258. The Labute approximate surface area is 118 Å². The van der Waals surface area contributed by atoms with Gasteiger partial charge in [0, 0.05) is 32.6 Å². The van der Waals surface area contributed by atoms with Crippen molar-refractivity contribution >= 4 is 17.5 Å². The van der Waals surface area contributed by atoms with Crippen LogP contribution in [0, 0.1) is 5.82 Å². The van der Waals surface area contributed by atoms with E-state index in [9.17, 15) is 9.18 Å². The Kier molecular flexibility index (Phi) is 6.25. The molecule has 1 amide bonds. The number of carbonyl (C=O) groups excluding carboxylic acids is 1. The van der Waals surface area contributed by atoms with Gasteiger partial charge in [0.25, 0.3) is 0 Å². The molecule has 3 nitrogen and oxygen atoms in total. The Bertz CT molecular complexity index is 439. The summed E-state index contributed by atoms with van der Waals surface area (Å²) in [6.45, 7) is 5.19. The molecule has 0 saturated heterocycles. The monoisotopic (exact) mass is 286 g/mol. The van der Waals surface area contributed by atoms with E-state index in [-0.39, 0.29) is 17.0 Å². The Balaban J connectivity index is 2.45. The molecule has 0 spiro atoms. The number of amides is 1. The average molecular weight is 287 g/mol. The quantitative estimate of drug-likeness (QED) is 0.872. The zero-order valence-corrected chi connectivity index (χ0v) is 12.3. The SMILES string of the molecule is CCN(C)C(=O)CCN[C@@H](C)c1ccc(F)c(Cl)c1. The van der Waals surface area contributed by atoms with Gasteiger partial charge in [-0.1, -0.05) is 17.7 Å². The normalized spacial score (nSPS) is 12.3. The van der Waals surface area contributed by atoms with Crippen molar-refractivity contribution in [3.8, 4) is 0 Å². The van der Waals surface area contributed by atoms with E-state index in [1.54, 1.807) is 24.1 Å². The van der Waals surface area contributed by atoms with E-state index in [0.29, 0.717) is 19.5 Å². The van der Waals surface area contributed by atoms with Gasteiger partial charge >= 0.3 is 0 Å². The molecular formula is C14H20ClFN2O. The molecule has 1 aromatic carbocycles. The number of carbonyl (C=O) groups is 1. The summed E-state index contributed by atoms with van der Waals surface area (Å²) in [6, 6.07) is 4.68. The maximum absolute atomic E-state index is 13.0. The van der Waals surface area contributed by atoms with E-state index >= 15 is 0 Å². The largest absolute Gasteiger partial charge is 0.346 e. The van der Waals surface area contributed by atoms with E-state index < -0.39 is 5.82 Å². The lowest BCUT2D eigenvalue weighted by Gasteiger charge is -2.17. The number of hydrogen-bond acceptors (Lipinski definition) is 2. The molecule has 0 radical (unpaired) electrons. The van der Waals surface area contributed by atoms with Crippen molar-refractivity contribution in [2.45, 2.75) is 26.3 Å². The van der Waals surface area contributed by atoms with Crippen LogP contribution in [-0.2, 0) is 4.79 Å². The molecule has 1 atom stereocenters. The molecular weight excluding hydrogens is 267 g/mol. The average Bonchev–Trinajstić information content (AvgIpc) is 2.40. The minimum Gasteiger partial charge on any atom is -0.346 e. The summed E-state index contributed by atoms with van der Waals surface area (Å²) >= 11 is 5.74. The second-order valence-electron chi connectivity index (χ2n) is 4.51. The molecule has 0 bridgehead atoms. The van der Waals surface area contributed by atoms with E-state index in [1.807, 2.05) is 13.8 Å². The van der Waals surface area contributed by atoms with Gasteiger partial charge in [0.15, 0.2) is 0 Å². The van der Waals surface area contributed by atoms with Crippen LogP contribution in [0.2, 0.25) is 5.02 Å². The van der Waals surface area contributed by atoms with Crippen LogP contribution in [0.5, 0.6) is 0 Å². The van der Waals surface area contributed by atoms with Crippen LogP contribution in [0.4, 0.5) is 4.39 Å². The Morgan fingerprint density at radius 1 is 1.53 bits per heavy atom. The summed E-state index contributed by atoms with van der Waals surface area (Å²) in [4.78, 5) is 13.3. The maximum atomic E-state index is 13.0.